The lowest BCUT2D eigenvalue weighted by Gasteiger charge is -2.40. The largest absolute Gasteiger partial charge is 0.383 e. The number of halogens is 1. The number of morpholine rings is 1. The average molecular weight is 397 g/mol. The maximum absolute atomic E-state index is 12.6. The normalized spacial score (nSPS) is 21.5. The molecule has 0 unspecified atom stereocenters. The number of nitrogens with two attached hydrogens (primary N) is 1. The fourth-order valence-corrected chi connectivity index (χ4v) is 6.43. The SMILES string of the molecule is Nc1ncc(Cl)cc1S(=O)(=O)N1CC(S(=O)(=O)N2CCOCC2)C1. The molecule has 0 spiro atoms. The molecule has 9 nitrogen and oxygen atoms in total. The molecule has 2 fully saturated rings. The number of sulfonamides is 2. The molecule has 134 valence electrons. The van der Waals surface area contributed by atoms with Crippen molar-refractivity contribution in [1.29, 1.82) is 0 Å². The van der Waals surface area contributed by atoms with Gasteiger partial charge < -0.3 is 10.5 Å². The van der Waals surface area contributed by atoms with Crippen LogP contribution >= 0.6 is 11.6 Å². The first kappa shape index (κ1) is 17.8. The van der Waals surface area contributed by atoms with E-state index in [0.29, 0.717) is 13.2 Å². The molecule has 12 heteroatoms. The minimum absolute atomic E-state index is 0.117. The van der Waals surface area contributed by atoms with Crippen LogP contribution in [-0.4, -0.2) is 75.1 Å². The fourth-order valence-electron chi connectivity index (χ4n) is 2.57. The summed E-state index contributed by atoms with van der Waals surface area (Å²) < 4.78 is 57.6. The van der Waals surface area contributed by atoms with Gasteiger partial charge in [0.1, 0.15) is 16.0 Å². The molecule has 0 aromatic carbocycles. The number of hydrogen-bond acceptors (Lipinski definition) is 7. The summed E-state index contributed by atoms with van der Waals surface area (Å²) in [5, 5.41) is -0.625. The average Bonchev–Trinajstić information content (AvgIpc) is 2.48. The molecule has 0 radical (unpaired) electrons. The molecule has 0 bridgehead atoms. The third kappa shape index (κ3) is 3.11. The summed E-state index contributed by atoms with van der Waals surface area (Å²) in [4.78, 5) is 3.52. The van der Waals surface area contributed by atoms with E-state index in [-0.39, 0.29) is 41.9 Å². The van der Waals surface area contributed by atoms with Gasteiger partial charge >= 0.3 is 0 Å². The van der Waals surface area contributed by atoms with Crippen molar-refractivity contribution in [3.63, 3.8) is 0 Å². The zero-order chi connectivity index (χ0) is 17.5. The summed E-state index contributed by atoms with van der Waals surface area (Å²) in [6, 6.07) is 1.21. The maximum Gasteiger partial charge on any atom is 0.246 e. The summed E-state index contributed by atoms with van der Waals surface area (Å²) in [6.07, 6.45) is 1.25. The molecular weight excluding hydrogens is 380 g/mol. The highest BCUT2D eigenvalue weighted by molar-refractivity contribution is 7.91. The molecule has 3 heterocycles. The second-order valence-corrected chi connectivity index (χ2v) is 10.1. The van der Waals surface area contributed by atoms with Gasteiger partial charge in [0, 0.05) is 32.4 Å². The standard InChI is InChI=1S/C12H17ClN4O5S2/c13-9-5-11(12(14)15-6-9)24(20,21)17-7-10(8-17)23(18,19)16-1-3-22-4-2-16/h5-6,10H,1-4,7-8H2,(H2,14,15). The van der Waals surface area contributed by atoms with Crippen molar-refractivity contribution in [2.45, 2.75) is 10.1 Å². The smallest absolute Gasteiger partial charge is 0.246 e. The molecule has 2 saturated heterocycles. The molecule has 2 aliphatic rings. The minimum atomic E-state index is -3.93. The van der Waals surface area contributed by atoms with Gasteiger partial charge in [0.15, 0.2) is 0 Å². The Labute approximate surface area is 145 Å². The summed E-state index contributed by atoms with van der Waals surface area (Å²) in [6.45, 7) is 1.03. The van der Waals surface area contributed by atoms with Crippen molar-refractivity contribution < 1.29 is 21.6 Å². The fraction of sp³-hybridized carbons (Fsp3) is 0.583. The highest BCUT2D eigenvalue weighted by Gasteiger charge is 2.46. The van der Waals surface area contributed by atoms with Crippen molar-refractivity contribution in [2.24, 2.45) is 0 Å². The van der Waals surface area contributed by atoms with Crippen LogP contribution in [0.4, 0.5) is 5.82 Å². The Morgan fingerprint density at radius 2 is 1.79 bits per heavy atom. The van der Waals surface area contributed by atoms with Crippen LogP contribution < -0.4 is 5.73 Å². The van der Waals surface area contributed by atoms with E-state index >= 15 is 0 Å². The second kappa shape index (κ2) is 6.39. The van der Waals surface area contributed by atoms with Crippen LogP contribution in [0.25, 0.3) is 0 Å². The van der Waals surface area contributed by atoms with E-state index in [9.17, 15) is 16.8 Å². The molecule has 0 aliphatic carbocycles. The Bertz CT molecular complexity index is 833. The molecule has 1 aromatic rings. The van der Waals surface area contributed by atoms with Crippen molar-refractivity contribution in [2.75, 3.05) is 45.1 Å². The van der Waals surface area contributed by atoms with Gasteiger partial charge in [0.05, 0.1) is 18.2 Å². The monoisotopic (exact) mass is 396 g/mol. The molecule has 2 N–H and O–H groups in total. The zero-order valence-electron chi connectivity index (χ0n) is 12.6. The van der Waals surface area contributed by atoms with E-state index in [4.69, 9.17) is 22.1 Å². The summed E-state index contributed by atoms with van der Waals surface area (Å²) >= 11 is 5.78. The number of ether oxygens (including phenoxy) is 1. The number of pyridine rings is 1. The van der Waals surface area contributed by atoms with Crippen molar-refractivity contribution >= 4 is 37.5 Å². The lowest BCUT2D eigenvalue weighted by atomic mass is 10.3. The first-order valence-electron chi connectivity index (χ1n) is 7.21. The molecule has 2 aliphatic heterocycles. The minimum Gasteiger partial charge on any atom is -0.383 e. The number of rotatable bonds is 4. The quantitative estimate of drug-likeness (QED) is 0.717. The molecule has 24 heavy (non-hydrogen) atoms. The Balaban J connectivity index is 1.74. The van der Waals surface area contributed by atoms with Crippen LogP contribution in [0.1, 0.15) is 0 Å². The lowest BCUT2D eigenvalue weighted by Crippen LogP contribution is -2.60. The van der Waals surface area contributed by atoms with Crippen LogP contribution in [0.2, 0.25) is 5.02 Å². The maximum atomic E-state index is 12.6. The van der Waals surface area contributed by atoms with Gasteiger partial charge in [-0.15, -0.1) is 0 Å². The third-order valence-electron chi connectivity index (χ3n) is 4.03. The second-order valence-electron chi connectivity index (χ2n) is 5.54. The number of anilines is 1. The third-order valence-corrected chi connectivity index (χ3v) is 8.32. The van der Waals surface area contributed by atoms with Gasteiger partial charge in [-0.2, -0.15) is 8.61 Å². The molecular formula is C12H17ClN4O5S2. The van der Waals surface area contributed by atoms with Crippen molar-refractivity contribution in [1.82, 2.24) is 13.6 Å². The molecule has 1 aromatic heterocycles. The summed E-state index contributed by atoms with van der Waals surface area (Å²) in [5.74, 6) is -0.168. The van der Waals surface area contributed by atoms with Gasteiger partial charge in [-0.1, -0.05) is 11.6 Å². The van der Waals surface area contributed by atoms with Crippen LogP contribution in [0.5, 0.6) is 0 Å². The van der Waals surface area contributed by atoms with Crippen LogP contribution in [0.15, 0.2) is 17.2 Å². The van der Waals surface area contributed by atoms with Gasteiger partial charge in [-0.3, -0.25) is 0 Å². The predicted molar refractivity (Wildman–Crippen MR) is 87.5 cm³/mol. The molecule has 0 saturated carbocycles. The number of nitrogen functional groups attached to an aromatic ring is 1. The predicted octanol–water partition coefficient (Wildman–Crippen LogP) is -0.648. The first-order valence-corrected chi connectivity index (χ1v) is 10.5. The van der Waals surface area contributed by atoms with Crippen LogP contribution in [-0.2, 0) is 24.8 Å². The molecule has 3 rings (SSSR count). The lowest BCUT2D eigenvalue weighted by molar-refractivity contribution is 0.0717. The Hall–Kier alpha value is -0.980. The van der Waals surface area contributed by atoms with Crippen molar-refractivity contribution in [3.8, 4) is 0 Å². The first-order chi connectivity index (χ1) is 11.2. The van der Waals surface area contributed by atoms with Crippen molar-refractivity contribution in [3.05, 3.63) is 17.3 Å². The van der Waals surface area contributed by atoms with E-state index in [1.807, 2.05) is 0 Å². The van der Waals surface area contributed by atoms with E-state index in [2.05, 4.69) is 4.98 Å². The van der Waals surface area contributed by atoms with Gasteiger partial charge in [0.25, 0.3) is 0 Å². The van der Waals surface area contributed by atoms with E-state index in [1.54, 1.807) is 0 Å². The summed E-state index contributed by atoms with van der Waals surface area (Å²) in [7, 11) is -7.47. The summed E-state index contributed by atoms with van der Waals surface area (Å²) in [5.41, 5.74) is 5.61. The van der Waals surface area contributed by atoms with E-state index in [0.717, 1.165) is 4.31 Å². The highest BCUT2D eigenvalue weighted by atomic mass is 35.5. The number of hydrogen-bond donors (Lipinski definition) is 1. The van der Waals surface area contributed by atoms with Crippen LogP contribution in [0.3, 0.4) is 0 Å². The molecule has 0 atom stereocenters. The zero-order valence-corrected chi connectivity index (χ0v) is 15.0. The van der Waals surface area contributed by atoms with Gasteiger partial charge in [0.2, 0.25) is 20.0 Å². The Morgan fingerprint density at radius 3 is 2.42 bits per heavy atom. The topological polar surface area (TPSA) is 123 Å². The number of nitrogens with zero attached hydrogens (tertiary/aromatic N) is 3. The molecule has 0 amide bonds. The van der Waals surface area contributed by atoms with Crippen LogP contribution in [0, 0.1) is 0 Å². The van der Waals surface area contributed by atoms with E-state index in [1.165, 1.54) is 16.6 Å². The van der Waals surface area contributed by atoms with Gasteiger partial charge in [-0.05, 0) is 6.07 Å². The van der Waals surface area contributed by atoms with Gasteiger partial charge in [-0.25, -0.2) is 21.8 Å². The highest BCUT2D eigenvalue weighted by Crippen LogP contribution is 2.30. The Morgan fingerprint density at radius 1 is 1.17 bits per heavy atom. The Kier molecular flexibility index (Phi) is 4.75. The number of aromatic nitrogens is 1. The van der Waals surface area contributed by atoms with E-state index < -0.39 is 25.3 Å².